The molecule has 1 heterocycles. The Morgan fingerprint density at radius 3 is 2.55 bits per heavy atom. The number of benzene rings is 2. The third kappa shape index (κ3) is 7.82. The Kier molecular flexibility index (Phi) is 11.0. The van der Waals surface area contributed by atoms with Crippen molar-refractivity contribution >= 4 is 40.1 Å². The summed E-state index contributed by atoms with van der Waals surface area (Å²) in [5.74, 6) is -1.56. The van der Waals surface area contributed by atoms with Gasteiger partial charge in [0.1, 0.15) is 0 Å². The van der Waals surface area contributed by atoms with E-state index in [1.807, 2.05) is 25.1 Å². The summed E-state index contributed by atoms with van der Waals surface area (Å²) in [5, 5.41) is 11.7. The minimum atomic E-state index is -1.05. The molecule has 1 aliphatic heterocycles. The molecule has 2 N–H and O–H groups in total. The van der Waals surface area contributed by atoms with E-state index in [4.69, 9.17) is 22.0 Å². The molecular weight excluding hydrogens is 576 g/mol. The maximum atomic E-state index is 15.0. The predicted octanol–water partition coefficient (Wildman–Crippen LogP) is 10.8. The molecule has 1 atom stereocenters. The summed E-state index contributed by atoms with van der Waals surface area (Å²) in [6.45, 7) is 1.92. The van der Waals surface area contributed by atoms with E-state index >= 15 is 0 Å². The average Bonchev–Trinajstić information content (AvgIpc) is 3.23. The Bertz CT molecular complexity index is 1510. The molecule has 44 heavy (non-hydrogen) atoms. The Morgan fingerprint density at radius 1 is 1.00 bits per heavy atom. The van der Waals surface area contributed by atoms with Crippen LogP contribution >= 0.6 is 11.6 Å². The number of carbonyl (C=O) groups is 1. The average molecular weight is 618 g/mol. The van der Waals surface area contributed by atoms with E-state index in [0.29, 0.717) is 35.6 Å². The molecule has 5 rings (SSSR count). The molecule has 0 bridgehead atoms. The van der Waals surface area contributed by atoms with Crippen LogP contribution in [0.25, 0.3) is 5.57 Å². The van der Waals surface area contributed by atoms with Gasteiger partial charge in [-0.05, 0) is 92.8 Å². The van der Waals surface area contributed by atoms with Gasteiger partial charge in [0.2, 0.25) is 0 Å². The number of Topliss-reactive ketones (excluding diaryl/α,β-unsaturated/α-hetero) is 1. The summed E-state index contributed by atoms with van der Waals surface area (Å²) in [7, 11) is 0. The van der Waals surface area contributed by atoms with Gasteiger partial charge in [0.15, 0.2) is 17.4 Å². The van der Waals surface area contributed by atoms with Gasteiger partial charge in [-0.1, -0.05) is 68.4 Å². The fourth-order valence-electron chi connectivity index (χ4n) is 6.68. The van der Waals surface area contributed by atoms with Gasteiger partial charge >= 0.3 is 0 Å². The van der Waals surface area contributed by atoms with Gasteiger partial charge in [-0.3, -0.25) is 9.79 Å². The number of allylic oxidation sites excluding steroid dienone is 5. The summed E-state index contributed by atoms with van der Waals surface area (Å²) in [5.41, 5.74) is 5.24. The zero-order chi connectivity index (χ0) is 31.1. The highest BCUT2D eigenvalue weighted by Crippen LogP contribution is 2.39. The standard InChI is InChI=1S/C37H42ClF2N3O/c1-24-21-27(17-18-28(24)34(44)22-26(41)16-15-25-11-7-5-6-8-12-25)43-33-14-10-4-2-3-9-13-30-31(23-42-37(30)33)29-19-20-32(38)36(40)35(29)39/h2-3,14,17-21,23,25,30,41,43H,4-13,15-16,22H2,1H3/b3-2-,33-14+,41-26?. The molecule has 1 unspecified atom stereocenters. The van der Waals surface area contributed by atoms with Crippen LogP contribution in [0.3, 0.4) is 0 Å². The third-order valence-electron chi connectivity index (χ3n) is 9.15. The van der Waals surface area contributed by atoms with Crippen molar-refractivity contribution in [2.75, 3.05) is 5.32 Å². The monoisotopic (exact) mass is 617 g/mol. The Labute approximate surface area is 264 Å². The first-order valence-corrected chi connectivity index (χ1v) is 16.4. The Morgan fingerprint density at radius 2 is 1.77 bits per heavy atom. The first-order valence-electron chi connectivity index (χ1n) is 16.1. The number of hydrogen-bond donors (Lipinski definition) is 2. The fourth-order valence-corrected chi connectivity index (χ4v) is 6.83. The molecule has 0 aromatic heterocycles. The van der Waals surface area contributed by atoms with Crippen LogP contribution in [-0.4, -0.2) is 17.2 Å². The highest BCUT2D eigenvalue weighted by atomic mass is 35.5. The number of nitrogens with zero attached hydrogens (tertiary/aromatic N) is 1. The quantitative estimate of drug-likeness (QED) is 0.0966. The van der Waals surface area contributed by atoms with Crippen molar-refractivity contribution in [2.24, 2.45) is 16.8 Å². The number of fused-ring (bicyclic) bond motifs is 1. The highest BCUT2D eigenvalue weighted by molar-refractivity contribution is 6.30. The van der Waals surface area contributed by atoms with Gasteiger partial charge in [-0.25, -0.2) is 8.78 Å². The van der Waals surface area contributed by atoms with E-state index in [1.54, 1.807) is 6.20 Å². The van der Waals surface area contributed by atoms with Crippen LogP contribution in [0.1, 0.15) is 105 Å². The van der Waals surface area contributed by atoms with Crippen molar-refractivity contribution in [3.05, 3.63) is 93.8 Å². The zero-order valence-electron chi connectivity index (χ0n) is 25.5. The van der Waals surface area contributed by atoms with E-state index in [9.17, 15) is 13.6 Å². The van der Waals surface area contributed by atoms with Crippen molar-refractivity contribution in [1.82, 2.24) is 0 Å². The smallest absolute Gasteiger partial charge is 0.178 e. The van der Waals surface area contributed by atoms with Crippen LogP contribution in [0.15, 0.2) is 65.4 Å². The lowest BCUT2D eigenvalue weighted by molar-refractivity contribution is 0.0999. The minimum absolute atomic E-state index is 0.0177. The molecule has 0 radical (unpaired) electrons. The van der Waals surface area contributed by atoms with Crippen LogP contribution in [0.5, 0.6) is 0 Å². The van der Waals surface area contributed by atoms with Gasteiger partial charge < -0.3 is 10.7 Å². The van der Waals surface area contributed by atoms with Gasteiger partial charge in [0.05, 0.1) is 16.4 Å². The van der Waals surface area contributed by atoms with Gasteiger partial charge in [0.25, 0.3) is 0 Å². The van der Waals surface area contributed by atoms with Crippen LogP contribution in [0, 0.1) is 35.8 Å². The number of hydrogen-bond acceptors (Lipinski definition) is 4. The maximum absolute atomic E-state index is 15.0. The number of anilines is 1. The Balaban J connectivity index is 1.28. The highest BCUT2D eigenvalue weighted by Gasteiger charge is 2.31. The molecule has 232 valence electrons. The van der Waals surface area contributed by atoms with Crippen molar-refractivity contribution in [2.45, 2.75) is 90.4 Å². The van der Waals surface area contributed by atoms with Crippen molar-refractivity contribution in [1.29, 1.82) is 5.41 Å². The predicted molar refractivity (Wildman–Crippen MR) is 178 cm³/mol. The summed E-state index contributed by atoms with van der Waals surface area (Å²) in [6, 6.07) is 8.59. The number of halogens is 3. The number of nitrogens with one attached hydrogen (secondary N) is 2. The van der Waals surface area contributed by atoms with Crippen LogP contribution in [-0.2, 0) is 0 Å². The largest absolute Gasteiger partial charge is 0.354 e. The van der Waals surface area contributed by atoms with E-state index in [1.165, 1.54) is 50.7 Å². The molecular formula is C37H42ClF2N3O. The van der Waals surface area contributed by atoms with E-state index in [-0.39, 0.29) is 28.7 Å². The second-order valence-electron chi connectivity index (χ2n) is 12.4. The van der Waals surface area contributed by atoms with Gasteiger partial charge in [0, 0.05) is 41.1 Å². The molecule has 0 amide bonds. The third-order valence-corrected chi connectivity index (χ3v) is 9.44. The van der Waals surface area contributed by atoms with Crippen molar-refractivity contribution in [3.8, 4) is 0 Å². The number of ketones is 1. The van der Waals surface area contributed by atoms with Crippen molar-refractivity contribution in [3.63, 3.8) is 0 Å². The molecule has 1 fully saturated rings. The number of carbonyl (C=O) groups excluding carboxylic acids is 1. The summed E-state index contributed by atoms with van der Waals surface area (Å²) in [4.78, 5) is 17.9. The normalized spacial score (nSPS) is 21.3. The molecule has 2 aromatic carbocycles. The summed E-state index contributed by atoms with van der Waals surface area (Å²) < 4.78 is 29.4. The topological polar surface area (TPSA) is 65.3 Å². The van der Waals surface area contributed by atoms with Crippen LogP contribution < -0.4 is 5.32 Å². The lowest BCUT2D eigenvalue weighted by atomic mass is 9.85. The Hall–Kier alpha value is -3.38. The minimum Gasteiger partial charge on any atom is -0.354 e. The SMILES string of the molecule is Cc1cc(N/C2=C/CC/C=C\CCC3C(c4ccc(Cl)c(F)c4F)=CN=C23)ccc1C(=O)CC(=N)CCC1CCCCCC1. The molecule has 0 spiro atoms. The summed E-state index contributed by atoms with van der Waals surface area (Å²) >= 11 is 5.82. The molecule has 7 heteroatoms. The molecule has 3 aliphatic rings. The number of aryl methyl sites for hydroxylation is 1. The molecule has 0 saturated heterocycles. The number of aliphatic imine (C=N–C) groups is 1. The molecule has 1 saturated carbocycles. The second-order valence-corrected chi connectivity index (χ2v) is 12.8. The fraction of sp³-hybridized carbons (Fsp3) is 0.432. The first-order chi connectivity index (χ1) is 21.3. The molecule has 4 nitrogen and oxygen atoms in total. The van der Waals surface area contributed by atoms with E-state index in [0.717, 1.165) is 48.3 Å². The first kappa shape index (κ1) is 32.0. The summed E-state index contributed by atoms with van der Waals surface area (Å²) in [6.07, 6.45) is 20.8. The van der Waals surface area contributed by atoms with Crippen LogP contribution in [0.4, 0.5) is 14.5 Å². The van der Waals surface area contributed by atoms with Crippen molar-refractivity contribution < 1.29 is 13.6 Å². The molecule has 2 aliphatic carbocycles. The lowest BCUT2D eigenvalue weighted by Gasteiger charge is -2.22. The lowest BCUT2D eigenvalue weighted by Crippen LogP contribution is -2.21. The van der Waals surface area contributed by atoms with Gasteiger partial charge in [-0.2, -0.15) is 0 Å². The van der Waals surface area contributed by atoms with Gasteiger partial charge in [-0.15, -0.1) is 0 Å². The van der Waals surface area contributed by atoms with E-state index < -0.39 is 11.6 Å². The number of rotatable bonds is 9. The van der Waals surface area contributed by atoms with E-state index in [2.05, 4.69) is 23.5 Å². The maximum Gasteiger partial charge on any atom is 0.178 e. The molecule has 2 aromatic rings. The second kappa shape index (κ2) is 15.1. The van der Waals surface area contributed by atoms with Crippen LogP contribution in [0.2, 0.25) is 5.02 Å². The zero-order valence-corrected chi connectivity index (χ0v) is 26.3.